The Morgan fingerprint density at radius 1 is 0.750 bits per heavy atom. The monoisotopic (exact) mass is 358 g/mol. The SMILES string of the molecule is CCCCCCCCCCCCCCCCN(CCO)C(=S)NC. The number of nitrogens with zero attached hydrogens (tertiary/aromatic N) is 1. The first-order valence-electron chi connectivity index (χ1n) is 10.3. The molecule has 0 unspecified atom stereocenters. The average molecular weight is 359 g/mol. The first kappa shape index (κ1) is 23.6. The van der Waals surface area contributed by atoms with E-state index < -0.39 is 0 Å². The Labute approximate surface area is 156 Å². The molecule has 0 atom stereocenters. The maximum atomic E-state index is 9.07. The molecular formula is C20H42N2OS. The van der Waals surface area contributed by atoms with Crippen molar-refractivity contribution in [1.82, 2.24) is 10.2 Å². The highest BCUT2D eigenvalue weighted by Gasteiger charge is 2.06. The van der Waals surface area contributed by atoms with E-state index in [9.17, 15) is 0 Å². The van der Waals surface area contributed by atoms with Crippen LogP contribution in [0.15, 0.2) is 0 Å². The molecule has 0 bridgehead atoms. The standard InChI is InChI=1S/C20H42N2OS/c1-3-4-5-6-7-8-9-10-11-12-13-14-15-16-17-22(18-19-23)20(24)21-2/h23H,3-19H2,1-2H3,(H,21,24). The predicted octanol–water partition coefficient (Wildman–Crippen LogP) is 5.27. The van der Waals surface area contributed by atoms with E-state index in [4.69, 9.17) is 17.3 Å². The van der Waals surface area contributed by atoms with Crippen molar-refractivity contribution in [2.24, 2.45) is 0 Å². The van der Waals surface area contributed by atoms with E-state index in [1.807, 2.05) is 7.05 Å². The maximum absolute atomic E-state index is 9.07. The highest BCUT2D eigenvalue weighted by atomic mass is 32.1. The van der Waals surface area contributed by atoms with Crippen molar-refractivity contribution in [3.63, 3.8) is 0 Å². The van der Waals surface area contributed by atoms with Crippen molar-refractivity contribution in [3.05, 3.63) is 0 Å². The van der Waals surface area contributed by atoms with Crippen LogP contribution in [0.25, 0.3) is 0 Å². The molecule has 0 aliphatic rings. The van der Waals surface area contributed by atoms with Crippen LogP contribution in [0.2, 0.25) is 0 Å². The van der Waals surface area contributed by atoms with Gasteiger partial charge in [-0.25, -0.2) is 0 Å². The maximum Gasteiger partial charge on any atom is 0.168 e. The van der Waals surface area contributed by atoms with Crippen LogP contribution in [0, 0.1) is 0 Å². The molecule has 0 aromatic heterocycles. The van der Waals surface area contributed by atoms with Gasteiger partial charge in [-0.15, -0.1) is 0 Å². The van der Waals surface area contributed by atoms with Crippen LogP contribution in [0.1, 0.15) is 96.8 Å². The van der Waals surface area contributed by atoms with E-state index in [1.54, 1.807) is 0 Å². The lowest BCUT2D eigenvalue weighted by atomic mass is 10.0. The predicted molar refractivity (Wildman–Crippen MR) is 111 cm³/mol. The van der Waals surface area contributed by atoms with E-state index in [0.717, 1.165) is 11.7 Å². The van der Waals surface area contributed by atoms with Crippen molar-refractivity contribution in [2.75, 3.05) is 26.7 Å². The van der Waals surface area contributed by atoms with Crippen molar-refractivity contribution < 1.29 is 5.11 Å². The number of thiocarbonyl (C=S) groups is 1. The molecule has 0 spiro atoms. The molecule has 144 valence electrons. The van der Waals surface area contributed by atoms with Gasteiger partial charge in [0.05, 0.1) is 6.61 Å². The average Bonchev–Trinajstić information content (AvgIpc) is 2.60. The Hall–Kier alpha value is -0.350. The fraction of sp³-hybridized carbons (Fsp3) is 0.950. The third kappa shape index (κ3) is 15.2. The van der Waals surface area contributed by atoms with Gasteiger partial charge in [-0.1, -0.05) is 90.4 Å². The summed E-state index contributed by atoms with van der Waals surface area (Å²) in [5.74, 6) is 0. The fourth-order valence-corrected chi connectivity index (χ4v) is 3.27. The van der Waals surface area contributed by atoms with Crippen molar-refractivity contribution >= 4 is 17.3 Å². The van der Waals surface area contributed by atoms with Gasteiger partial charge in [-0.05, 0) is 18.6 Å². The normalized spacial score (nSPS) is 10.8. The molecule has 0 aliphatic carbocycles. The van der Waals surface area contributed by atoms with Gasteiger partial charge in [-0.3, -0.25) is 0 Å². The first-order chi connectivity index (χ1) is 11.8. The minimum atomic E-state index is 0.167. The van der Waals surface area contributed by atoms with Crippen molar-refractivity contribution in [2.45, 2.75) is 96.8 Å². The van der Waals surface area contributed by atoms with Crippen LogP contribution < -0.4 is 5.32 Å². The van der Waals surface area contributed by atoms with E-state index >= 15 is 0 Å². The third-order valence-corrected chi connectivity index (χ3v) is 5.11. The van der Waals surface area contributed by atoms with Crippen LogP contribution in [0.5, 0.6) is 0 Å². The van der Waals surface area contributed by atoms with E-state index in [-0.39, 0.29) is 6.61 Å². The summed E-state index contributed by atoms with van der Waals surface area (Å²) in [6.07, 6.45) is 19.3. The molecule has 4 heteroatoms. The van der Waals surface area contributed by atoms with Crippen LogP contribution in [-0.4, -0.2) is 41.9 Å². The second-order valence-corrected chi connectivity index (χ2v) is 7.25. The second-order valence-electron chi connectivity index (χ2n) is 6.86. The molecule has 0 amide bonds. The van der Waals surface area contributed by atoms with Crippen molar-refractivity contribution in [3.8, 4) is 0 Å². The van der Waals surface area contributed by atoms with Gasteiger partial charge in [0.1, 0.15) is 0 Å². The zero-order valence-electron chi connectivity index (χ0n) is 16.3. The lowest BCUT2D eigenvalue weighted by Crippen LogP contribution is -2.40. The summed E-state index contributed by atoms with van der Waals surface area (Å²) in [6.45, 7) is 4.04. The topological polar surface area (TPSA) is 35.5 Å². The van der Waals surface area contributed by atoms with Gasteiger partial charge in [0.25, 0.3) is 0 Å². The molecule has 0 heterocycles. The highest BCUT2D eigenvalue weighted by Crippen LogP contribution is 2.13. The summed E-state index contributed by atoms with van der Waals surface area (Å²) in [6, 6.07) is 0. The number of hydrogen-bond acceptors (Lipinski definition) is 2. The van der Waals surface area contributed by atoms with Crippen LogP contribution in [0.4, 0.5) is 0 Å². The van der Waals surface area contributed by atoms with Crippen molar-refractivity contribution in [1.29, 1.82) is 0 Å². The van der Waals surface area contributed by atoms with Gasteiger partial charge >= 0.3 is 0 Å². The molecular weight excluding hydrogens is 316 g/mol. The van der Waals surface area contributed by atoms with Gasteiger partial charge in [0.15, 0.2) is 5.11 Å². The molecule has 0 saturated heterocycles. The van der Waals surface area contributed by atoms with Crippen LogP contribution >= 0.6 is 12.2 Å². The molecule has 0 radical (unpaired) electrons. The molecule has 0 aromatic carbocycles. The highest BCUT2D eigenvalue weighted by molar-refractivity contribution is 7.80. The Kier molecular flexibility index (Phi) is 18.7. The Morgan fingerprint density at radius 3 is 1.54 bits per heavy atom. The number of unbranched alkanes of at least 4 members (excludes halogenated alkanes) is 13. The zero-order valence-corrected chi connectivity index (χ0v) is 17.1. The quantitative estimate of drug-likeness (QED) is 0.274. The van der Waals surface area contributed by atoms with E-state index in [0.29, 0.717) is 6.54 Å². The third-order valence-electron chi connectivity index (χ3n) is 4.65. The minimum Gasteiger partial charge on any atom is -0.395 e. The summed E-state index contributed by atoms with van der Waals surface area (Å²) in [5.41, 5.74) is 0. The lowest BCUT2D eigenvalue weighted by Gasteiger charge is -2.23. The minimum absolute atomic E-state index is 0.167. The van der Waals surface area contributed by atoms with Gasteiger partial charge in [0.2, 0.25) is 0 Å². The molecule has 0 aromatic rings. The van der Waals surface area contributed by atoms with E-state index in [2.05, 4.69) is 17.1 Å². The number of nitrogens with one attached hydrogen (secondary N) is 1. The summed E-state index contributed by atoms with van der Waals surface area (Å²) < 4.78 is 0. The zero-order chi connectivity index (χ0) is 17.9. The van der Waals surface area contributed by atoms with Crippen LogP contribution in [-0.2, 0) is 0 Å². The number of aliphatic hydroxyl groups excluding tert-OH is 1. The molecule has 3 nitrogen and oxygen atoms in total. The largest absolute Gasteiger partial charge is 0.395 e. The fourth-order valence-electron chi connectivity index (χ4n) is 3.09. The molecule has 0 aliphatic heterocycles. The summed E-state index contributed by atoms with van der Waals surface area (Å²) >= 11 is 5.25. The molecule has 24 heavy (non-hydrogen) atoms. The summed E-state index contributed by atoms with van der Waals surface area (Å²) in [7, 11) is 1.85. The second kappa shape index (κ2) is 19.0. The Balaban J connectivity index is 3.28. The number of rotatable bonds is 17. The van der Waals surface area contributed by atoms with Gasteiger partial charge in [-0.2, -0.15) is 0 Å². The first-order valence-corrected chi connectivity index (χ1v) is 10.7. The number of hydrogen-bond donors (Lipinski definition) is 2. The molecule has 0 rings (SSSR count). The lowest BCUT2D eigenvalue weighted by molar-refractivity contribution is 0.246. The van der Waals surface area contributed by atoms with Crippen LogP contribution in [0.3, 0.4) is 0 Å². The summed E-state index contributed by atoms with van der Waals surface area (Å²) in [5, 5.41) is 12.8. The number of aliphatic hydroxyl groups is 1. The summed E-state index contributed by atoms with van der Waals surface area (Å²) in [4.78, 5) is 2.07. The van der Waals surface area contributed by atoms with E-state index in [1.165, 1.54) is 89.9 Å². The molecule has 2 N–H and O–H groups in total. The van der Waals surface area contributed by atoms with Gasteiger partial charge in [0, 0.05) is 20.1 Å². The molecule has 0 fully saturated rings. The Morgan fingerprint density at radius 2 is 1.17 bits per heavy atom. The smallest absolute Gasteiger partial charge is 0.168 e. The Bertz CT molecular complexity index is 274. The molecule has 0 saturated carbocycles. The van der Waals surface area contributed by atoms with Gasteiger partial charge < -0.3 is 15.3 Å².